The van der Waals surface area contributed by atoms with Crippen LogP contribution in [0.4, 0.5) is 0 Å². The van der Waals surface area contributed by atoms with Crippen LogP contribution in [-0.2, 0) is 30.7 Å². The van der Waals surface area contributed by atoms with E-state index in [1.807, 2.05) is 25.1 Å². The Kier molecular flexibility index (Phi) is 5.45. The van der Waals surface area contributed by atoms with Crippen molar-refractivity contribution in [3.05, 3.63) is 50.4 Å². The second-order valence-corrected chi connectivity index (χ2v) is 9.55. The van der Waals surface area contributed by atoms with E-state index >= 15 is 0 Å². The van der Waals surface area contributed by atoms with Crippen LogP contribution in [-0.4, -0.2) is 34.2 Å². The molecule has 0 saturated carbocycles. The molecule has 3 heterocycles. The number of thiophene rings is 1. The third-order valence-electron chi connectivity index (χ3n) is 6.02. The minimum Gasteiger partial charge on any atom is -0.454 e. The average molecular weight is 443 g/mol. The Hall–Kier alpha value is -2.42. The Labute approximate surface area is 184 Å². The van der Waals surface area contributed by atoms with E-state index in [1.165, 1.54) is 4.88 Å². The van der Waals surface area contributed by atoms with Gasteiger partial charge in [-0.25, -0.2) is 4.98 Å². The lowest BCUT2D eigenvalue weighted by Crippen LogP contribution is -2.31. The number of fused-ring (bicyclic) bond motifs is 4. The maximum atomic E-state index is 13.3. The molecule has 1 aliphatic heterocycles. The summed E-state index contributed by atoms with van der Waals surface area (Å²) in [6, 6.07) is 5.64. The molecule has 0 radical (unpaired) electrons. The zero-order valence-electron chi connectivity index (χ0n) is 17.7. The maximum absolute atomic E-state index is 13.3. The molecule has 0 unspecified atom stereocenters. The average Bonchev–Trinajstić information content (AvgIpc) is 3.34. The van der Waals surface area contributed by atoms with Crippen molar-refractivity contribution in [3.63, 3.8) is 0 Å². The van der Waals surface area contributed by atoms with Crippen LogP contribution in [0.25, 0.3) is 10.2 Å². The molecule has 0 fully saturated rings. The molecular weight excluding hydrogens is 416 g/mol. The topological polar surface area (TPSA) is 82.8 Å². The fraction of sp³-hybridized carbons (Fsp3) is 0.478. The molecule has 164 valence electrons. The highest BCUT2D eigenvalue weighted by atomic mass is 32.1. The number of benzene rings is 1. The van der Waals surface area contributed by atoms with E-state index in [0.29, 0.717) is 24.1 Å². The first-order chi connectivity index (χ1) is 15.0. The van der Waals surface area contributed by atoms with E-state index in [0.717, 1.165) is 46.4 Å². The van der Waals surface area contributed by atoms with Gasteiger partial charge in [0.05, 0.1) is 31.2 Å². The van der Waals surface area contributed by atoms with Crippen LogP contribution in [0.1, 0.15) is 35.2 Å². The number of aryl methyl sites for hydroxylation is 2. The van der Waals surface area contributed by atoms with Crippen molar-refractivity contribution < 1.29 is 19.3 Å². The molecule has 31 heavy (non-hydrogen) atoms. The number of hydrogen-bond donors (Lipinski definition) is 1. The van der Waals surface area contributed by atoms with Crippen molar-refractivity contribution in [2.75, 3.05) is 13.4 Å². The van der Waals surface area contributed by atoms with Crippen LogP contribution >= 0.6 is 11.3 Å². The monoisotopic (exact) mass is 442 g/mol. The highest BCUT2D eigenvalue weighted by Gasteiger charge is 2.24. The van der Waals surface area contributed by atoms with Gasteiger partial charge in [0.1, 0.15) is 10.7 Å². The SMILES string of the molecule is Cc1nc2sc3c(c2c(=O)n1C[C@H](O)COCc1ccc2c(c1)OCO2)CC[C@H](C)C3. The van der Waals surface area contributed by atoms with Gasteiger partial charge in [-0.3, -0.25) is 9.36 Å². The predicted molar refractivity (Wildman–Crippen MR) is 118 cm³/mol. The van der Waals surface area contributed by atoms with Gasteiger partial charge in [0.25, 0.3) is 5.56 Å². The Morgan fingerprint density at radius 3 is 3.06 bits per heavy atom. The van der Waals surface area contributed by atoms with Crippen LogP contribution in [0.15, 0.2) is 23.0 Å². The van der Waals surface area contributed by atoms with E-state index in [9.17, 15) is 9.90 Å². The van der Waals surface area contributed by atoms with Crippen LogP contribution < -0.4 is 15.0 Å². The second kappa shape index (κ2) is 8.26. The zero-order valence-corrected chi connectivity index (χ0v) is 18.5. The second-order valence-electron chi connectivity index (χ2n) is 8.46. The molecule has 2 atom stereocenters. The van der Waals surface area contributed by atoms with E-state index in [-0.39, 0.29) is 25.5 Å². The summed E-state index contributed by atoms with van der Waals surface area (Å²) in [4.78, 5) is 20.1. The van der Waals surface area contributed by atoms with Crippen molar-refractivity contribution in [1.82, 2.24) is 9.55 Å². The lowest BCUT2D eigenvalue weighted by Gasteiger charge is -2.18. The van der Waals surface area contributed by atoms with Gasteiger partial charge in [-0.2, -0.15) is 0 Å². The van der Waals surface area contributed by atoms with Gasteiger partial charge in [0.2, 0.25) is 6.79 Å². The van der Waals surface area contributed by atoms with Crippen LogP contribution in [0.5, 0.6) is 11.5 Å². The molecule has 0 bridgehead atoms. The smallest absolute Gasteiger partial charge is 0.262 e. The minimum absolute atomic E-state index is 0.0515. The molecule has 8 heteroatoms. The Bertz CT molecular complexity index is 1180. The van der Waals surface area contributed by atoms with Gasteiger partial charge >= 0.3 is 0 Å². The molecule has 2 aliphatic rings. The third kappa shape index (κ3) is 3.95. The first kappa shape index (κ1) is 20.5. The van der Waals surface area contributed by atoms with E-state index in [4.69, 9.17) is 14.2 Å². The molecule has 1 aromatic carbocycles. The normalized spacial score (nSPS) is 18.4. The standard InChI is InChI=1S/C23H26N2O5S/c1-13-3-5-17-20(7-13)31-22-21(17)23(27)25(14(2)24-22)9-16(26)11-28-10-15-4-6-18-19(8-15)30-12-29-18/h4,6,8,13,16,26H,3,5,7,9-12H2,1-2H3/t13-,16-/m0/s1. The molecule has 7 nitrogen and oxygen atoms in total. The summed E-state index contributed by atoms with van der Waals surface area (Å²) in [6.45, 7) is 4.94. The number of ether oxygens (including phenoxy) is 3. The first-order valence-corrected chi connectivity index (χ1v) is 11.5. The lowest BCUT2D eigenvalue weighted by atomic mass is 9.89. The minimum atomic E-state index is -0.806. The number of nitrogens with zero attached hydrogens (tertiary/aromatic N) is 2. The molecule has 1 N–H and O–H groups in total. The summed E-state index contributed by atoms with van der Waals surface area (Å²) in [7, 11) is 0. The van der Waals surface area contributed by atoms with Gasteiger partial charge in [0, 0.05) is 4.88 Å². The summed E-state index contributed by atoms with van der Waals surface area (Å²) in [5, 5.41) is 11.3. The number of rotatable bonds is 6. The summed E-state index contributed by atoms with van der Waals surface area (Å²) in [5.41, 5.74) is 2.05. The lowest BCUT2D eigenvalue weighted by molar-refractivity contribution is 0.0195. The van der Waals surface area contributed by atoms with E-state index in [2.05, 4.69) is 11.9 Å². The zero-order chi connectivity index (χ0) is 21.5. The van der Waals surface area contributed by atoms with Crippen molar-refractivity contribution in [2.45, 2.75) is 52.4 Å². The Morgan fingerprint density at radius 2 is 2.19 bits per heavy atom. The highest BCUT2D eigenvalue weighted by molar-refractivity contribution is 7.18. The quantitative estimate of drug-likeness (QED) is 0.631. The van der Waals surface area contributed by atoms with E-state index < -0.39 is 6.10 Å². The number of hydrogen-bond acceptors (Lipinski definition) is 7. The predicted octanol–water partition coefficient (Wildman–Crippen LogP) is 3.20. The van der Waals surface area contributed by atoms with Crippen LogP contribution in [0.3, 0.4) is 0 Å². The summed E-state index contributed by atoms with van der Waals surface area (Å²) in [5.74, 6) is 2.70. The van der Waals surface area contributed by atoms with Gasteiger partial charge in [-0.15, -0.1) is 11.3 Å². The molecule has 0 amide bonds. The van der Waals surface area contributed by atoms with Crippen molar-refractivity contribution in [2.24, 2.45) is 5.92 Å². The fourth-order valence-electron chi connectivity index (χ4n) is 4.35. The maximum Gasteiger partial charge on any atom is 0.262 e. The van der Waals surface area contributed by atoms with Crippen LogP contribution in [0.2, 0.25) is 0 Å². The molecule has 0 saturated heterocycles. The van der Waals surface area contributed by atoms with Crippen molar-refractivity contribution in [1.29, 1.82) is 0 Å². The first-order valence-electron chi connectivity index (χ1n) is 10.7. The Morgan fingerprint density at radius 1 is 1.35 bits per heavy atom. The number of aliphatic hydroxyl groups is 1. The Balaban J connectivity index is 1.28. The van der Waals surface area contributed by atoms with Gasteiger partial charge in [0.15, 0.2) is 11.5 Å². The summed E-state index contributed by atoms with van der Waals surface area (Å²) >= 11 is 1.65. The fourth-order valence-corrected chi connectivity index (χ4v) is 5.77. The molecule has 0 spiro atoms. The third-order valence-corrected chi connectivity index (χ3v) is 7.16. The van der Waals surface area contributed by atoms with Crippen molar-refractivity contribution in [3.8, 4) is 11.5 Å². The van der Waals surface area contributed by atoms with Crippen LogP contribution in [0, 0.1) is 12.8 Å². The highest BCUT2D eigenvalue weighted by Crippen LogP contribution is 2.36. The summed E-state index contributed by atoms with van der Waals surface area (Å²) in [6.07, 6.45) is 2.24. The summed E-state index contributed by atoms with van der Waals surface area (Å²) < 4.78 is 18.0. The molecular formula is C23H26N2O5S. The molecule has 1 aliphatic carbocycles. The van der Waals surface area contributed by atoms with Crippen molar-refractivity contribution >= 4 is 21.6 Å². The number of aliphatic hydroxyl groups excluding tert-OH is 1. The van der Waals surface area contributed by atoms with Gasteiger partial charge < -0.3 is 19.3 Å². The largest absolute Gasteiger partial charge is 0.454 e. The van der Waals surface area contributed by atoms with Gasteiger partial charge in [-0.1, -0.05) is 13.0 Å². The van der Waals surface area contributed by atoms with E-state index in [1.54, 1.807) is 15.9 Å². The molecule has 3 aromatic rings. The molecule has 5 rings (SSSR count). The molecule has 2 aromatic heterocycles. The van der Waals surface area contributed by atoms with Gasteiger partial charge in [-0.05, 0) is 55.4 Å². The number of aromatic nitrogens is 2.